The highest BCUT2D eigenvalue weighted by atomic mass is 32.2. The van der Waals surface area contributed by atoms with E-state index in [-0.39, 0.29) is 12.5 Å². The van der Waals surface area contributed by atoms with Crippen LogP contribution >= 0.6 is 11.8 Å². The first-order valence-electron chi connectivity index (χ1n) is 7.42. The highest BCUT2D eigenvalue weighted by Crippen LogP contribution is 2.28. The molecule has 4 heteroatoms. The summed E-state index contributed by atoms with van der Waals surface area (Å²) in [6, 6.07) is 16.0. The van der Waals surface area contributed by atoms with E-state index in [0.717, 1.165) is 30.0 Å². The van der Waals surface area contributed by atoms with Crippen molar-refractivity contribution >= 4 is 23.4 Å². The zero-order valence-corrected chi connectivity index (χ0v) is 13.2. The van der Waals surface area contributed by atoms with Crippen LogP contribution in [0.3, 0.4) is 0 Å². The lowest BCUT2D eigenvalue weighted by atomic mass is 10.2. The average Bonchev–Trinajstić information content (AvgIpc) is 2.99. The Bertz CT molecular complexity index is 654. The summed E-state index contributed by atoms with van der Waals surface area (Å²) in [7, 11) is 0. The fourth-order valence-corrected chi connectivity index (χ4v) is 3.53. The van der Waals surface area contributed by atoms with E-state index in [1.165, 1.54) is 11.1 Å². The smallest absolute Gasteiger partial charge is 0.237 e. The quantitative estimate of drug-likeness (QED) is 0.922. The van der Waals surface area contributed by atoms with Gasteiger partial charge in [0, 0.05) is 18.0 Å². The maximum atomic E-state index is 12.4. The Hall–Kier alpha value is -1.78. The van der Waals surface area contributed by atoms with Crippen LogP contribution in [0.1, 0.15) is 16.7 Å². The number of para-hydroxylation sites is 1. The first-order chi connectivity index (χ1) is 10.8. The average molecular weight is 313 g/mol. The summed E-state index contributed by atoms with van der Waals surface area (Å²) in [5, 5.41) is 9.02. The molecule has 0 unspecified atom stereocenters. The predicted molar refractivity (Wildman–Crippen MR) is 91.0 cm³/mol. The van der Waals surface area contributed by atoms with Gasteiger partial charge in [0.05, 0.1) is 12.4 Å². The molecule has 2 aromatic carbocycles. The molecule has 3 nitrogen and oxygen atoms in total. The predicted octanol–water partition coefficient (Wildman–Crippen LogP) is 3.00. The molecule has 0 bridgehead atoms. The van der Waals surface area contributed by atoms with Gasteiger partial charge in [0.2, 0.25) is 5.91 Å². The molecule has 1 heterocycles. The number of fused-ring (bicyclic) bond motifs is 1. The summed E-state index contributed by atoms with van der Waals surface area (Å²) < 4.78 is 0. The Morgan fingerprint density at radius 1 is 1.09 bits per heavy atom. The van der Waals surface area contributed by atoms with Crippen molar-refractivity contribution in [3.05, 3.63) is 65.2 Å². The van der Waals surface area contributed by atoms with Gasteiger partial charge >= 0.3 is 0 Å². The second kappa shape index (κ2) is 6.99. The lowest BCUT2D eigenvalue weighted by Gasteiger charge is -2.17. The minimum Gasteiger partial charge on any atom is -0.392 e. The SMILES string of the molecule is O=C(CSCc1ccc(CO)cc1)N1CCc2ccccc21. The molecule has 0 fully saturated rings. The molecule has 0 radical (unpaired) electrons. The van der Waals surface area contributed by atoms with Gasteiger partial charge < -0.3 is 10.0 Å². The van der Waals surface area contributed by atoms with Crippen molar-refractivity contribution in [3.63, 3.8) is 0 Å². The number of rotatable bonds is 5. The van der Waals surface area contributed by atoms with Crippen molar-refractivity contribution in [1.29, 1.82) is 0 Å². The van der Waals surface area contributed by atoms with Crippen LogP contribution < -0.4 is 4.90 Å². The number of hydrogen-bond donors (Lipinski definition) is 1. The zero-order valence-electron chi connectivity index (χ0n) is 12.4. The van der Waals surface area contributed by atoms with Crippen LogP contribution in [-0.2, 0) is 23.6 Å². The van der Waals surface area contributed by atoms with E-state index < -0.39 is 0 Å². The highest BCUT2D eigenvalue weighted by Gasteiger charge is 2.23. The minimum absolute atomic E-state index is 0.0697. The molecule has 2 aromatic rings. The van der Waals surface area contributed by atoms with Gasteiger partial charge in [-0.05, 0) is 29.2 Å². The molecule has 0 saturated heterocycles. The van der Waals surface area contributed by atoms with Crippen molar-refractivity contribution in [1.82, 2.24) is 0 Å². The van der Waals surface area contributed by atoms with Crippen LogP contribution in [0.2, 0.25) is 0 Å². The number of aliphatic hydroxyl groups excluding tert-OH is 1. The first kappa shape index (κ1) is 15.1. The molecule has 1 aliphatic heterocycles. The fourth-order valence-electron chi connectivity index (χ4n) is 2.67. The van der Waals surface area contributed by atoms with Crippen LogP contribution in [0, 0.1) is 0 Å². The fraction of sp³-hybridized carbons (Fsp3) is 0.278. The van der Waals surface area contributed by atoms with Gasteiger partial charge in [-0.3, -0.25) is 4.79 Å². The maximum Gasteiger partial charge on any atom is 0.237 e. The van der Waals surface area contributed by atoms with Gasteiger partial charge in [-0.25, -0.2) is 0 Å². The van der Waals surface area contributed by atoms with Gasteiger partial charge in [0.25, 0.3) is 0 Å². The summed E-state index contributed by atoms with van der Waals surface area (Å²) in [6.07, 6.45) is 0.954. The number of benzene rings is 2. The number of thioether (sulfide) groups is 1. The van der Waals surface area contributed by atoms with E-state index >= 15 is 0 Å². The van der Waals surface area contributed by atoms with Gasteiger partial charge in [-0.1, -0.05) is 42.5 Å². The Morgan fingerprint density at radius 2 is 1.82 bits per heavy atom. The second-order valence-corrected chi connectivity index (χ2v) is 6.38. The summed E-state index contributed by atoms with van der Waals surface area (Å²) in [5.41, 5.74) is 4.43. The van der Waals surface area contributed by atoms with E-state index in [2.05, 4.69) is 6.07 Å². The molecule has 1 aliphatic rings. The molecular weight excluding hydrogens is 294 g/mol. The van der Waals surface area contributed by atoms with E-state index in [4.69, 9.17) is 5.11 Å². The lowest BCUT2D eigenvalue weighted by molar-refractivity contribution is -0.116. The number of carbonyl (C=O) groups excluding carboxylic acids is 1. The van der Waals surface area contributed by atoms with Crippen LogP contribution in [-0.4, -0.2) is 23.3 Å². The van der Waals surface area contributed by atoms with Crippen molar-refractivity contribution < 1.29 is 9.90 Å². The number of hydrogen-bond acceptors (Lipinski definition) is 3. The largest absolute Gasteiger partial charge is 0.392 e. The lowest BCUT2D eigenvalue weighted by Crippen LogP contribution is -2.30. The molecule has 22 heavy (non-hydrogen) atoms. The van der Waals surface area contributed by atoms with E-state index in [9.17, 15) is 4.79 Å². The third-order valence-electron chi connectivity index (χ3n) is 3.89. The number of amides is 1. The Labute approximate surface area is 135 Å². The zero-order chi connectivity index (χ0) is 15.4. The van der Waals surface area contributed by atoms with Gasteiger partial charge in [-0.15, -0.1) is 11.8 Å². The summed E-state index contributed by atoms with van der Waals surface area (Å²) >= 11 is 1.64. The molecule has 0 aromatic heterocycles. The molecular formula is C18H19NO2S. The molecule has 1 N–H and O–H groups in total. The molecule has 0 spiro atoms. The van der Waals surface area contributed by atoms with Crippen LogP contribution in [0.5, 0.6) is 0 Å². The third kappa shape index (κ3) is 3.34. The van der Waals surface area contributed by atoms with Crippen LogP contribution in [0.15, 0.2) is 48.5 Å². The van der Waals surface area contributed by atoms with Crippen LogP contribution in [0.4, 0.5) is 5.69 Å². The Balaban J connectivity index is 1.52. The van der Waals surface area contributed by atoms with E-state index in [0.29, 0.717) is 5.75 Å². The van der Waals surface area contributed by atoms with Crippen molar-refractivity contribution in [2.24, 2.45) is 0 Å². The number of anilines is 1. The standard InChI is InChI=1S/C18H19NO2S/c20-11-14-5-7-15(8-6-14)12-22-13-18(21)19-10-9-16-3-1-2-4-17(16)19/h1-8,20H,9-13H2. The van der Waals surface area contributed by atoms with Crippen molar-refractivity contribution in [2.75, 3.05) is 17.2 Å². The molecule has 0 atom stereocenters. The Morgan fingerprint density at radius 3 is 2.59 bits per heavy atom. The summed E-state index contributed by atoms with van der Waals surface area (Å²) in [5.74, 6) is 1.49. The van der Waals surface area contributed by atoms with Crippen molar-refractivity contribution in [3.8, 4) is 0 Å². The third-order valence-corrected chi connectivity index (χ3v) is 4.88. The number of carbonyl (C=O) groups is 1. The molecule has 3 rings (SSSR count). The van der Waals surface area contributed by atoms with Gasteiger partial charge in [-0.2, -0.15) is 0 Å². The van der Waals surface area contributed by atoms with Crippen molar-refractivity contribution in [2.45, 2.75) is 18.8 Å². The molecule has 114 valence electrons. The molecule has 0 saturated carbocycles. The summed E-state index contributed by atoms with van der Waals surface area (Å²) in [6.45, 7) is 0.865. The second-order valence-electron chi connectivity index (χ2n) is 5.39. The maximum absolute atomic E-state index is 12.4. The highest BCUT2D eigenvalue weighted by molar-refractivity contribution is 7.99. The molecule has 1 amide bonds. The molecule has 0 aliphatic carbocycles. The first-order valence-corrected chi connectivity index (χ1v) is 8.58. The topological polar surface area (TPSA) is 40.5 Å². The van der Waals surface area contributed by atoms with E-state index in [1.807, 2.05) is 47.4 Å². The van der Waals surface area contributed by atoms with E-state index in [1.54, 1.807) is 11.8 Å². The van der Waals surface area contributed by atoms with Gasteiger partial charge in [0.1, 0.15) is 0 Å². The van der Waals surface area contributed by atoms with Crippen LogP contribution in [0.25, 0.3) is 0 Å². The normalized spacial score (nSPS) is 13.2. The monoisotopic (exact) mass is 313 g/mol. The number of aliphatic hydroxyl groups is 1. The summed E-state index contributed by atoms with van der Waals surface area (Å²) in [4.78, 5) is 14.3. The Kier molecular flexibility index (Phi) is 4.80. The number of nitrogens with zero attached hydrogens (tertiary/aromatic N) is 1. The van der Waals surface area contributed by atoms with Gasteiger partial charge in [0.15, 0.2) is 0 Å². The minimum atomic E-state index is 0.0697.